The number of nitrogens with one attached hydrogen (secondary N) is 2. The third-order valence-electron chi connectivity index (χ3n) is 9.79. The molecule has 0 amide bonds. The third-order valence-corrected chi connectivity index (χ3v) is 13.5. The summed E-state index contributed by atoms with van der Waals surface area (Å²) >= 11 is 6.49. The number of methoxy groups -OCH3 is 2. The Labute approximate surface area is 329 Å². The number of aromatic amines is 2. The molecular formula is C42H40ClN5O6S2. The van der Waals surface area contributed by atoms with Gasteiger partial charge in [-0.05, 0) is 95.8 Å². The summed E-state index contributed by atoms with van der Waals surface area (Å²) < 4.78 is 60.5. The predicted molar refractivity (Wildman–Crippen MR) is 226 cm³/mol. The molecule has 0 fully saturated rings. The topological polar surface area (TPSA) is 170 Å². The molecule has 0 atom stereocenters. The van der Waals surface area contributed by atoms with Crippen molar-refractivity contribution in [1.82, 2.24) is 19.9 Å². The number of fused-ring (bicyclic) bond motifs is 6. The molecule has 0 aliphatic rings. The number of hydrogen-bond acceptors (Lipinski definition) is 9. The lowest BCUT2D eigenvalue weighted by Gasteiger charge is -2.12. The van der Waals surface area contributed by atoms with Crippen molar-refractivity contribution in [3.63, 3.8) is 0 Å². The second-order valence-electron chi connectivity index (χ2n) is 13.4. The van der Waals surface area contributed by atoms with Crippen LogP contribution in [0.3, 0.4) is 0 Å². The van der Waals surface area contributed by atoms with E-state index in [1.54, 1.807) is 76.9 Å². The van der Waals surface area contributed by atoms with Crippen LogP contribution in [-0.4, -0.2) is 62.5 Å². The molecule has 0 aliphatic heterocycles. The average Bonchev–Trinajstić information content (AvgIpc) is 3.75. The standard InChI is InChI=1S/C21H19ClN2O3S.C21H21N3O3S/c2*1-4-28(25,26)14-7-5-6-13(9-14)15-10-17(22)20(27-3)19-18(15)16-8-12(2)11-23-21(16)24-19/h5-11H,4H2,1-3H3,(H,23,24);5-11H,4,22H2,1-3H3,(H,23,24). The van der Waals surface area contributed by atoms with Gasteiger partial charge < -0.3 is 25.2 Å². The molecule has 4 N–H and O–H groups in total. The van der Waals surface area contributed by atoms with E-state index in [2.05, 4.69) is 19.9 Å². The Morgan fingerprint density at radius 1 is 0.661 bits per heavy atom. The highest BCUT2D eigenvalue weighted by molar-refractivity contribution is 7.91. The summed E-state index contributed by atoms with van der Waals surface area (Å²) in [5.41, 5.74) is 14.9. The maximum Gasteiger partial charge on any atom is 0.178 e. The lowest BCUT2D eigenvalue weighted by Crippen LogP contribution is -2.03. The van der Waals surface area contributed by atoms with Crippen LogP contribution in [0.5, 0.6) is 11.5 Å². The van der Waals surface area contributed by atoms with E-state index < -0.39 is 19.7 Å². The summed E-state index contributed by atoms with van der Waals surface area (Å²) in [5.74, 6) is 1.18. The third kappa shape index (κ3) is 6.80. The molecule has 0 saturated carbocycles. The van der Waals surface area contributed by atoms with Gasteiger partial charge in [0, 0.05) is 33.9 Å². The van der Waals surface area contributed by atoms with E-state index in [1.165, 1.54) is 0 Å². The van der Waals surface area contributed by atoms with Crippen LogP contribution in [0.25, 0.3) is 66.1 Å². The molecule has 4 heterocycles. The van der Waals surface area contributed by atoms with E-state index in [4.69, 9.17) is 26.8 Å². The van der Waals surface area contributed by atoms with Gasteiger partial charge in [-0.3, -0.25) is 0 Å². The van der Waals surface area contributed by atoms with Crippen LogP contribution in [-0.2, 0) is 19.7 Å². The molecule has 8 aromatic rings. The van der Waals surface area contributed by atoms with Gasteiger partial charge in [-0.25, -0.2) is 26.8 Å². The minimum Gasteiger partial charge on any atom is -0.493 e. The molecule has 4 aromatic heterocycles. The quantitative estimate of drug-likeness (QED) is 0.127. The number of H-pyrrole nitrogens is 2. The summed E-state index contributed by atoms with van der Waals surface area (Å²) in [6.45, 7) is 7.23. The number of pyridine rings is 2. The Bertz CT molecular complexity index is 2860. The lowest BCUT2D eigenvalue weighted by atomic mass is 9.98. The Kier molecular flexibility index (Phi) is 10.2. The highest BCUT2D eigenvalue weighted by atomic mass is 35.5. The molecule has 0 aliphatic carbocycles. The number of rotatable bonds is 8. The molecule has 288 valence electrons. The molecule has 11 nitrogen and oxygen atoms in total. The zero-order chi connectivity index (χ0) is 40.1. The minimum absolute atomic E-state index is 0.0471. The van der Waals surface area contributed by atoms with Crippen LogP contribution in [0.4, 0.5) is 5.69 Å². The summed E-state index contributed by atoms with van der Waals surface area (Å²) in [6, 6.07) is 21.6. The van der Waals surface area contributed by atoms with Gasteiger partial charge in [0.25, 0.3) is 0 Å². The van der Waals surface area contributed by atoms with Crippen LogP contribution in [0, 0.1) is 13.8 Å². The van der Waals surface area contributed by atoms with Crippen molar-refractivity contribution in [3.8, 4) is 33.8 Å². The van der Waals surface area contributed by atoms with Crippen molar-refractivity contribution >= 4 is 80.8 Å². The highest BCUT2D eigenvalue weighted by Crippen LogP contribution is 2.44. The van der Waals surface area contributed by atoms with Gasteiger partial charge >= 0.3 is 0 Å². The van der Waals surface area contributed by atoms with Crippen LogP contribution >= 0.6 is 11.6 Å². The predicted octanol–water partition coefficient (Wildman–Crippen LogP) is 9.22. The van der Waals surface area contributed by atoms with E-state index in [0.717, 1.165) is 77.3 Å². The first-order chi connectivity index (χ1) is 26.7. The van der Waals surface area contributed by atoms with Crippen molar-refractivity contribution in [1.29, 1.82) is 0 Å². The number of nitrogen functional groups attached to an aromatic ring is 1. The van der Waals surface area contributed by atoms with Crippen molar-refractivity contribution < 1.29 is 26.3 Å². The first kappa shape index (κ1) is 38.6. The van der Waals surface area contributed by atoms with Gasteiger partial charge in [0.15, 0.2) is 31.2 Å². The van der Waals surface area contributed by atoms with Gasteiger partial charge in [-0.2, -0.15) is 0 Å². The number of nitrogens with zero attached hydrogens (tertiary/aromatic N) is 2. The van der Waals surface area contributed by atoms with Gasteiger partial charge in [0.2, 0.25) is 0 Å². The number of anilines is 1. The number of hydrogen-bond donors (Lipinski definition) is 3. The molecule has 14 heteroatoms. The van der Waals surface area contributed by atoms with Gasteiger partial charge in [0.05, 0.1) is 57.3 Å². The van der Waals surface area contributed by atoms with E-state index in [0.29, 0.717) is 32.0 Å². The monoisotopic (exact) mass is 809 g/mol. The molecule has 56 heavy (non-hydrogen) atoms. The van der Waals surface area contributed by atoms with Crippen molar-refractivity contribution in [3.05, 3.63) is 101 Å². The smallest absolute Gasteiger partial charge is 0.178 e. The lowest BCUT2D eigenvalue weighted by molar-refractivity contribution is 0.419. The average molecular weight is 810 g/mol. The molecule has 0 unspecified atom stereocenters. The largest absolute Gasteiger partial charge is 0.493 e. The maximum atomic E-state index is 12.4. The molecule has 0 spiro atoms. The Morgan fingerprint density at radius 3 is 1.55 bits per heavy atom. The fourth-order valence-electron chi connectivity index (χ4n) is 6.99. The molecule has 4 aromatic carbocycles. The van der Waals surface area contributed by atoms with Crippen molar-refractivity contribution in [2.75, 3.05) is 31.5 Å². The van der Waals surface area contributed by atoms with E-state index >= 15 is 0 Å². The van der Waals surface area contributed by atoms with Gasteiger partial charge in [-0.1, -0.05) is 49.7 Å². The van der Waals surface area contributed by atoms with Crippen molar-refractivity contribution in [2.24, 2.45) is 0 Å². The number of aryl methyl sites for hydroxylation is 2. The summed E-state index contributed by atoms with van der Waals surface area (Å²) in [7, 11) is -3.49. The Morgan fingerprint density at radius 2 is 1.11 bits per heavy atom. The van der Waals surface area contributed by atoms with Crippen LogP contribution < -0.4 is 15.2 Å². The Hall–Kier alpha value is -5.63. The van der Waals surface area contributed by atoms with E-state index in [-0.39, 0.29) is 11.5 Å². The van der Waals surface area contributed by atoms with E-state index in [1.807, 2.05) is 50.2 Å². The van der Waals surface area contributed by atoms with Crippen LogP contribution in [0.2, 0.25) is 5.02 Å². The number of aromatic nitrogens is 4. The summed E-state index contributed by atoms with van der Waals surface area (Å²) in [4.78, 5) is 16.1. The number of nitrogens with two attached hydrogens (primary N) is 1. The zero-order valence-corrected chi connectivity index (χ0v) is 34.0. The molecule has 0 saturated heterocycles. The number of halogens is 1. The fourth-order valence-corrected chi connectivity index (χ4v) is 9.13. The van der Waals surface area contributed by atoms with Crippen LogP contribution in [0.1, 0.15) is 25.0 Å². The van der Waals surface area contributed by atoms with Gasteiger partial charge in [0.1, 0.15) is 11.3 Å². The van der Waals surface area contributed by atoms with E-state index in [9.17, 15) is 16.8 Å². The zero-order valence-electron chi connectivity index (χ0n) is 31.6. The number of benzene rings is 4. The van der Waals surface area contributed by atoms with Gasteiger partial charge in [-0.15, -0.1) is 0 Å². The first-order valence-electron chi connectivity index (χ1n) is 17.8. The van der Waals surface area contributed by atoms with Crippen molar-refractivity contribution in [2.45, 2.75) is 37.5 Å². The molecule has 0 bridgehead atoms. The molecule has 8 rings (SSSR count). The first-order valence-corrected chi connectivity index (χ1v) is 21.4. The number of sulfone groups is 2. The second-order valence-corrected chi connectivity index (χ2v) is 18.4. The maximum absolute atomic E-state index is 12.4. The highest BCUT2D eigenvalue weighted by Gasteiger charge is 2.22. The second kappa shape index (κ2) is 14.8. The number of ether oxygens (including phenoxy) is 2. The summed E-state index contributed by atoms with van der Waals surface area (Å²) in [5, 5.41) is 4.12. The molecular weight excluding hydrogens is 770 g/mol. The SMILES string of the molecule is CCS(=O)(=O)c1cccc(-c2cc(Cl)c(OC)c3[nH]c4ncc(C)cc4c23)c1.CCS(=O)(=O)c1cccc(-c2cc(N)c(OC)c3[nH]c4ncc(C)cc4c23)c1. The minimum atomic E-state index is -3.32. The fraction of sp³-hybridized carbons (Fsp3) is 0.190. The summed E-state index contributed by atoms with van der Waals surface area (Å²) in [6.07, 6.45) is 3.58. The normalized spacial score (nSPS) is 12.0. The Balaban J connectivity index is 0.000000172. The van der Waals surface area contributed by atoms with Crippen LogP contribution in [0.15, 0.2) is 95.0 Å². The molecule has 0 radical (unpaired) electrons.